The predicted molar refractivity (Wildman–Crippen MR) is 74.0 cm³/mol. The van der Waals surface area contributed by atoms with Gasteiger partial charge >= 0.3 is 5.97 Å². The van der Waals surface area contributed by atoms with E-state index in [1.807, 2.05) is 6.92 Å². The summed E-state index contributed by atoms with van der Waals surface area (Å²) in [6, 6.07) is 4.58. The quantitative estimate of drug-likeness (QED) is 0.837. The molecular formula is C12H15N3O4S. The van der Waals surface area contributed by atoms with Crippen LogP contribution in [0, 0.1) is 0 Å². The Hall–Kier alpha value is -1.93. The third-order valence-corrected chi connectivity index (χ3v) is 3.74. The molecule has 0 amide bonds. The molecule has 2 aromatic rings. The highest BCUT2D eigenvalue weighted by Crippen LogP contribution is 2.18. The first-order chi connectivity index (χ1) is 9.31. The molecule has 0 aliphatic carbocycles. The van der Waals surface area contributed by atoms with Gasteiger partial charge in [-0.05, 0) is 18.2 Å². The molecule has 20 heavy (non-hydrogen) atoms. The molecule has 1 aromatic carbocycles. The van der Waals surface area contributed by atoms with Crippen molar-refractivity contribution in [3.8, 4) is 0 Å². The van der Waals surface area contributed by atoms with Gasteiger partial charge < -0.3 is 9.67 Å². The SMILES string of the molecule is CCc1nc2cc(C(=O)O)ccc2n1CCS(N)(=O)=O. The first-order valence-corrected chi connectivity index (χ1v) is 7.76. The van der Waals surface area contributed by atoms with Gasteiger partial charge in [0, 0.05) is 13.0 Å². The summed E-state index contributed by atoms with van der Waals surface area (Å²) in [6.45, 7) is 2.09. The van der Waals surface area contributed by atoms with E-state index in [9.17, 15) is 13.2 Å². The summed E-state index contributed by atoms with van der Waals surface area (Å²) in [4.78, 5) is 15.3. The summed E-state index contributed by atoms with van der Waals surface area (Å²) in [5, 5.41) is 14.0. The number of carboxylic acids is 1. The number of nitrogens with two attached hydrogens (primary N) is 1. The number of rotatable bonds is 5. The van der Waals surface area contributed by atoms with Crippen LogP contribution in [0.25, 0.3) is 11.0 Å². The molecule has 0 fully saturated rings. The van der Waals surface area contributed by atoms with Crippen LogP contribution in [0.2, 0.25) is 0 Å². The molecule has 3 N–H and O–H groups in total. The van der Waals surface area contributed by atoms with Crippen LogP contribution in [-0.4, -0.2) is 34.8 Å². The number of carbonyl (C=O) groups is 1. The number of hydrogen-bond acceptors (Lipinski definition) is 4. The third-order valence-electron chi connectivity index (χ3n) is 2.99. The van der Waals surface area contributed by atoms with Gasteiger partial charge in [0.25, 0.3) is 0 Å². The Morgan fingerprint density at radius 3 is 2.70 bits per heavy atom. The molecule has 108 valence electrons. The van der Waals surface area contributed by atoms with Crippen molar-refractivity contribution in [1.82, 2.24) is 9.55 Å². The molecule has 0 unspecified atom stereocenters. The lowest BCUT2D eigenvalue weighted by molar-refractivity contribution is 0.0697. The average molecular weight is 297 g/mol. The molecule has 7 nitrogen and oxygen atoms in total. The smallest absolute Gasteiger partial charge is 0.335 e. The van der Waals surface area contributed by atoms with Gasteiger partial charge in [0.2, 0.25) is 10.0 Å². The second kappa shape index (κ2) is 5.22. The Bertz CT molecular complexity index is 764. The minimum Gasteiger partial charge on any atom is -0.478 e. The topological polar surface area (TPSA) is 115 Å². The summed E-state index contributed by atoms with van der Waals surface area (Å²) in [7, 11) is -3.56. The number of imidazole rings is 1. The maximum atomic E-state index is 11.1. The van der Waals surface area contributed by atoms with Crippen LogP contribution in [0.15, 0.2) is 18.2 Å². The van der Waals surface area contributed by atoms with E-state index in [0.29, 0.717) is 23.3 Å². The number of aromatic carboxylic acids is 1. The summed E-state index contributed by atoms with van der Waals surface area (Å²) in [5.74, 6) is -0.512. The predicted octanol–water partition coefficient (Wildman–Crippen LogP) is 0.585. The lowest BCUT2D eigenvalue weighted by Gasteiger charge is -2.07. The molecule has 0 bridgehead atoms. The van der Waals surface area contributed by atoms with Gasteiger partial charge in [0.1, 0.15) is 5.82 Å². The van der Waals surface area contributed by atoms with Gasteiger partial charge in [0.05, 0.1) is 22.3 Å². The molecular weight excluding hydrogens is 282 g/mol. The number of hydrogen-bond donors (Lipinski definition) is 2. The maximum Gasteiger partial charge on any atom is 0.335 e. The first kappa shape index (κ1) is 14.5. The van der Waals surface area contributed by atoms with E-state index in [2.05, 4.69) is 4.98 Å². The van der Waals surface area contributed by atoms with Crippen molar-refractivity contribution in [3.63, 3.8) is 0 Å². The van der Waals surface area contributed by atoms with E-state index in [1.165, 1.54) is 12.1 Å². The average Bonchev–Trinajstić information content (AvgIpc) is 2.72. The molecule has 0 radical (unpaired) electrons. The number of sulfonamides is 1. The van der Waals surface area contributed by atoms with E-state index in [0.717, 1.165) is 0 Å². The van der Waals surface area contributed by atoms with Gasteiger partial charge in [0.15, 0.2) is 0 Å². The van der Waals surface area contributed by atoms with Crippen molar-refractivity contribution in [1.29, 1.82) is 0 Å². The summed E-state index contributed by atoms with van der Waals surface area (Å²) >= 11 is 0. The van der Waals surface area contributed by atoms with Crippen LogP contribution in [0.3, 0.4) is 0 Å². The first-order valence-electron chi connectivity index (χ1n) is 6.04. The molecule has 0 aliphatic rings. The van der Waals surface area contributed by atoms with Crippen LogP contribution >= 0.6 is 0 Å². The lowest BCUT2D eigenvalue weighted by atomic mass is 10.2. The molecule has 0 saturated heterocycles. The number of fused-ring (bicyclic) bond motifs is 1. The Morgan fingerprint density at radius 2 is 2.15 bits per heavy atom. The highest BCUT2D eigenvalue weighted by atomic mass is 32.2. The van der Waals surface area contributed by atoms with E-state index >= 15 is 0 Å². The number of nitrogens with zero attached hydrogens (tertiary/aromatic N) is 2. The Kier molecular flexibility index (Phi) is 3.78. The summed E-state index contributed by atoms with van der Waals surface area (Å²) in [6.07, 6.45) is 0.613. The number of carboxylic acid groups (broad SMARTS) is 1. The van der Waals surface area contributed by atoms with Crippen LogP contribution in [0.5, 0.6) is 0 Å². The molecule has 0 spiro atoms. The van der Waals surface area contributed by atoms with E-state index < -0.39 is 16.0 Å². The normalized spacial score (nSPS) is 11.9. The van der Waals surface area contributed by atoms with Crippen LogP contribution in [0.4, 0.5) is 0 Å². The fraction of sp³-hybridized carbons (Fsp3) is 0.333. The van der Waals surface area contributed by atoms with Crippen LogP contribution in [-0.2, 0) is 23.0 Å². The highest BCUT2D eigenvalue weighted by molar-refractivity contribution is 7.89. The Balaban J connectivity index is 2.49. The minimum absolute atomic E-state index is 0.149. The van der Waals surface area contributed by atoms with Crippen molar-refractivity contribution in [2.24, 2.45) is 5.14 Å². The number of primary sulfonamides is 1. The van der Waals surface area contributed by atoms with E-state index in [-0.39, 0.29) is 17.9 Å². The number of benzene rings is 1. The highest BCUT2D eigenvalue weighted by Gasteiger charge is 2.13. The van der Waals surface area contributed by atoms with Gasteiger partial charge in [-0.25, -0.2) is 23.3 Å². The zero-order chi connectivity index (χ0) is 14.9. The zero-order valence-corrected chi connectivity index (χ0v) is 11.7. The van der Waals surface area contributed by atoms with Crippen molar-refractivity contribution in [3.05, 3.63) is 29.6 Å². The summed E-state index contributed by atoms with van der Waals surface area (Å²) in [5.41, 5.74) is 1.39. The Labute approximate surface area is 116 Å². The van der Waals surface area contributed by atoms with Crippen LogP contribution < -0.4 is 5.14 Å². The largest absolute Gasteiger partial charge is 0.478 e. The van der Waals surface area contributed by atoms with Crippen molar-refractivity contribution in [2.75, 3.05) is 5.75 Å². The van der Waals surface area contributed by atoms with E-state index in [4.69, 9.17) is 10.2 Å². The standard InChI is InChI=1S/C12H15N3O4S/c1-2-11-14-9-7-8(12(16)17)3-4-10(9)15(11)5-6-20(13,18)19/h3-4,7H,2,5-6H2,1H3,(H,16,17)(H2,13,18,19). The second-order valence-electron chi connectivity index (χ2n) is 4.41. The Morgan fingerprint density at radius 1 is 1.45 bits per heavy atom. The van der Waals surface area contributed by atoms with Gasteiger partial charge in [-0.2, -0.15) is 0 Å². The second-order valence-corrected chi connectivity index (χ2v) is 6.14. The number of aryl methyl sites for hydroxylation is 2. The fourth-order valence-corrected chi connectivity index (χ4v) is 2.49. The van der Waals surface area contributed by atoms with Crippen LogP contribution in [0.1, 0.15) is 23.1 Å². The van der Waals surface area contributed by atoms with Crippen molar-refractivity contribution < 1.29 is 18.3 Å². The van der Waals surface area contributed by atoms with Gasteiger partial charge in [-0.1, -0.05) is 6.92 Å². The molecule has 8 heteroatoms. The maximum absolute atomic E-state index is 11.1. The minimum atomic E-state index is -3.56. The van der Waals surface area contributed by atoms with E-state index in [1.54, 1.807) is 10.6 Å². The van der Waals surface area contributed by atoms with Crippen molar-refractivity contribution >= 4 is 27.0 Å². The van der Waals surface area contributed by atoms with Gasteiger partial charge in [-0.15, -0.1) is 0 Å². The van der Waals surface area contributed by atoms with Crippen molar-refractivity contribution in [2.45, 2.75) is 19.9 Å². The zero-order valence-electron chi connectivity index (χ0n) is 10.9. The molecule has 0 aliphatic heterocycles. The molecule has 0 saturated carbocycles. The summed E-state index contributed by atoms with van der Waals surface area (Å²) < 4.78 is 23.9. The fourth-order valence-electron chi connectivity index (χ4n) is 2.05. The molecule has 0 atom stereocenters. The lowest BCUT2D eigenvalue weighted by Crippen LogP contribution is -2.21. The third kappa shape index (κ3) is 2.97. The van der Waals surface area contributed by atoms with Gasteiger partial charge in [-0.3, -0.25) is 0 Å². The monoisotopic (exact) mass is 297 g/mol. The number of aromatic nitrogens is 2. The molecule has 1 aromatic heterocycles. The molecule has 2 rings (SSSR count). The molecule has 1 heterocycles.